The highest BCUT2D eigenvalue weighted by Crippen LogP contribution is 2.28. The molecule has 0 radical (unpaired) electrons. The second-order valence-electron chi connectivity index (χ2n) is 4.59. The average Bonchev–Trinajstić information content (AvgIpc) is 2.43. The fourth-order valence-electron chi connectivity index (χ4n) is 1.91. The van der Waals surface area contributed by atoms with Crippen LogP contribution >= 0.6 is 0 Å². The van der Waals surface area contributed by atoms with Crippen molar-refractivity contribution in [1.29, 1.82) is 0 Å². The van der Waals surface area contributed by atoms with Crippen LogP contribution in [0.15, 0.2) is 35.6 Å². The van der Waals surface area contributed by atoms with Gasteiger partial charge in [-0.2, -0.15) is 0 Å². The molecule has 0 unspecified atom stereocenters. The largest absolute Gasteiger partial charge is 0.438 e. The van der Waals surface area contributed by atoms with Crippen LogP contribution in [-0.2, 0) is 0 Å². The van der Waals surface area contributed by atoms with E-state index in [1.807, 2.05) is 39.0 Å². The summed E-state index contributed by atoms with van der Waals surface area (Å²) in [7, 11) is 0. The van der Waals surface area contributed by atoms with Crippen LogP contribution in [0.3, 0.4) is 0 Å². The summed E-state index contributed by atoms with van der Waals surface area (Å²) in [6.45, 7) is 5.84. The molecule has 3 N–H and O–H groups in total. The number of benzene rings is 1. The molecule has 0 saturated heterocycles. The number of amidine groups is 1. The van der Waals surface area contributed by atoms with E-state index in [0.717, 1.165) is 16.7 Å². The zero-order valence-electron chi connectivity index (χ0n) is 11.7. The van der Waals surface area contributed by atoms with E-state index in [4.69, 9.17) is 15.7 Å². The fraction of sp³-hybridized carbons (Fsp3) is 0.200. The molecule has 1 heterocycles. The maximum absolute atomic E-state index is 8.88. The normalized spacial score (nSPS) is 11.4. The molecule has 0 bridgehead atoms. The number of hydrogen-bond donors (Lipinski definition) is 2. The van der Waals surface area contributed by atoms with E-state index in [0.29, 0.717) is 17.2 Å². The molecule has 20 heavy (non-hydrogen) atoms. The lowest BCUT2D eigenvalue weighted by Crippen LogP contribution is -2.16. The van der Waals surface area contributed by atoms with Gasteiger partial charge in [0.15, 0.2) is 5.84 Å². The Bertz CT molecular complexity index is 666. The molecule has 0 fully saturated rings. The molecular formula is C15H17N3O2. The van der Waals surface area contributed by atoms with Gasteiger partial charge in [-0.25, -0.2) is 4.98 Å². The number of aromatic nitrogens is 1. The molecule has 0 atom stereocenters. The predicted molar refractivity (Wildman–Crippen MR) is 77.5 cm³/mol. The van der Waals surface area contributed by atoms with Gasteiger partial charge in [-0.15, -0.1) is 0 Å². The highest BCUT2D eigenvalue weighted by atomic mass is 16.5. The monoisotopic (exact) mass is 271 g/mol. The Kier molecular flexibility index (Phi) is 3.89. The Labute approximate surface area is 117 Å². The first kappa shape index (κ1) is 13.9. The average molecular weight is 271 g/mol. The van der Waals surface area contributed by atoms with Crippen LogP contribution < -0.4 is 10.5 Å². The van der Waals surface area contributed by atoms with Gasteiger partial charge in [0.05, 0.1) is 5.56 Å². The zero-order valence-corrected chi connectivity index (χ0v) is 11.7. The Balaban J connectivity index is 2.49. The van der Waals surface area contributed by atoms with Crippen molar-refractivity contribution in [2.75, 3.05) is 0 Å². The Morgan fingerprint density at radius 3 is 2.65 bits per heavy atom. The van der Waals surface area contributed by atoms with E-state index in [2.05, 4.69) is 10.1 Å². The number of hydrogen-bond acceptors (Lipinski definition) is 4. The van der Waals surface area contributed by atoms with Crippen molar-refractivity contribution in [1.82, 2.24) is 4.98 Å². The predicted octanol–water partition coefficient (Wildman–Crippen LogP) is 2.89. The van der Waals surface area contributed by atoms with Crippen molar-refractivity contribution >= 4 is 5.84 Å². The molecule has 5 heteroatoms. The summed E-state index contributed by atoms with van der Waals surface area (Å²) in [5.41, 5.74) is 9.18. The third-order valence-corrected chi connectivity index (χ3v) is 3.25. The summed E-state index contributed by atoms with van der Waals surface area (Å²) in [6.07, 6.45) is 1.63. The fourth-order valence-corrected chi connectivity index (χ4v) is 1.91. The van der Waals surface area contributed by atoms with Crippen molar-refractivity contribution < 1.29 is 9.94 Å². The molecule has 0 aliphatic heterocycles. The van der Waals surface area contributed by atoms with Gasteiger partial charge in [0.2, 0.25) is 5.88 Å². The number of nitrogens with two attached hydrogens (primary N) is 1. The standard InChI is InChI=1S/C15H17N3O2/c1-9-5-4-6-12(11(9)3)20-15-13(14(16)18-19)10(2)7-8-17-15/h4-8,19H,1-3H3,(H2,16,18). The maximum atomic E-state index is 8.88. The van der Waals surface area contributed by atoms with E-state index in [-0.39, 0.29) is 5.84 Å². The second kappa shape index (κ2) is 5.61. The molecule has 2 aromatic rings. The number of ether oxygens (including phenoxy) is 1. The third-order valence-electron chi connectivity index (χ3n) is 3.25. The molecule has 2 rings (SSSR count). The zero-order chi connectivity index (χ0) is 14.7. The minimum atomic E-state index is -0.0177. The van der Waals surface area contributed by atoms with Gasteiger partial charge in [0.25, 0.3) is 0 Å². The highest BCUT2D eigenvalue weighted by molar-refractivity contribution is 6.00. The molecule has 0 aliphatic rings. The minimum Gasteiger partial charge on any atom is -0.438 e. The van der Waals surface area contributed by atoms with Gasteiger partial charge >= 0.3 is 0 Å². The quantitative estimate of drug-likeness (QED) is 0.389. The minimum absolute atomic E-state index is 0.0177. The summed E-state index contributed by atoms with van der Waals surface area (Å²) in [5.74, 6) is 1.01. The molecule has 104 valence electrons. The Morgan fingerprint density at radius 2 is 1.95 bits per heavy atom. The first-order chi connectivity index (χ1) is 9.54. The lowest BCUT2D eigenvalue weighted by molar-refractivity contribution is 0.318. The van der Waals surface area contributed by atoms with E-state index >= 15 is 0 Å². The summed E-state index contributed by atoms with van der Waals surface area (Å²) in [6, 6.07) is 7.57. The van der Waals surface area contributed by atoms with Crippen molar-refractivity contribution in [2.45, 2.75) is 20.8 Å². The molecule has 0 amide bonds. The Hall–Kier alpha value is -2.56. The van der Waals surface area contributed by atoms with E-state index < -0.39 is 0 Å². The highest BCUT2D eigenvalue weighted by Gasteiger charge is 2.15. The summed E-state index contributed by atoms with van der Waals surface area (Å²) >= 11 is 0. The van der Waals surface area contributed by atoms with E-state index in [1.165, 1.54) is 0 Å². The molecular weight excluding hydrogens is 254 g/mol. The van der Waals surface area contributed by atoms with E-state index in [1.54, 1.807) is 12.3 Å². The molecule has 0 saturated carbocycles. The molecule has 0 spiro atoms. The van der Waals surface area contributed by atoms with Crippen LogP contribution in [0, 0.1) is 20.8 Å². The molecule has 1 aromatic heterocycles. The van der Waals surface area contributed by atoms with Crippen molar-refractivity contribution in [3.63, 3.8) is 0 Å². The van der Waals surface area contributed by atoms with Crippen LogP contribution in [0.25, 0.3) is 0 Å². The third kappa shape index (κ3) is 2.56. The van der Waals surface area contributed by atoms with Crippen LogP contribution in [0.1, 0.15) is 22.3 Å². The van der Waals surface area contributed by atoms with E-state index in [9.17, 15) is 0 Å². The first-order valence-corrected chi connectivity index (χ1v) is 6.22. The molecule has 5 nitrogen and oxygen atoms in total. The van der Waals surface area contributed by atoms with Gasteiger partial charge in [-0.1, -0.05) is 17.3 Å². The number of pyridine rings is 1. The maximum Gasteiger partial charge on any atom is 0.230 e. The van der Waals surface area contributed by atoms with Gasteiger partial charge in [-0.05, 0) is 49.6 Å². The van der Waals surface area contributed by atoms with Crippen molar-refractivity contribution in [3.05, 3.63) is 52.7 Å². The second-order valence-corrected chi connectivity index (χ2v) is 4.59. The van der Waals surface area contributed by atoms with Crippen LogP contribution in [0.4, 0.5) is 0 Å². The lowest BCUT2D eigenvalue weighted by Gasteiger charge is -2.13. The van der Waals surface area contributed by atoms with Crippen LogP contribution in [-0.4, -0.2) is 16.0 Å². The summed E-state index contributed by atoms with van der Waals surface area (Å²) in [4.78, 5) is 4.18. The Morgan fingerprint density at radius 1 is 1.20 bits per heavy atom. The summed E-state index contributed by atoms with van der Waals surface area (Å²) < 4.78 is 5.84. The summed E-state index contributed by atoms with van der Waals surface area (Å²) in [5, 5.41) is 11.9. The SMILES string of the molecule is Cc1cccc(Oc2nccc(C)c2/C(N)=N/O)c1C. The number of nitrogens with zero attached hydrogens (tertiary/aromatic N) is 2. The number of oxime groups is 1. The number of rotatable bonds is 3. The smallest absolute Gasteiger partial charge is 0.230 e. The van der Waals surface area contributed by atoms with Crippen LogP contribution in [0.5, 0.6) is 11.6 Å². The lowest BCUT2D eigenvalue weighted by atomic mass is 10.1. The number of aryl methyl sites for hydroxylation is 2. The van der Waals surface area contributed by atoms with Gasteiger partial charge in [0.1, 0.15) is 5.75 Å². The first-order valence-electron chi connectivity index (χ1n) is 6.22. The van der Waals surface area contributed by atoms with Crippen molar-refractivity contribution in [2.24, 2.45) is 10.9 Å². The van der Waals surface area contributed by atoms with Crippen molar-refractivity contribution in [3.8, 4) is 11.6 Å². The van der Waals surface area contributed by atoms with Gasteiger partial charge in [-0.3, -0.25) is 0 Å². The van der Waals surface area contributed by atoms with Gasteiger partial charge < -0.3 is 15.7 Å². The van der Waals surface area contributed by atoms with Crippen LogP contribution in [0.2, 0.25) is 0 Å². The molecule has 1 aromatic carbocycles. The van der Waals surface area contributed by atoms with Gasteiger partial charge in [0, 0.05) is 6.20 Å². The topological polar surface area (TPSA) is 80.7 Å². The molecule has 0 aliphatic carbocycles.